The quantitative estimate of drug-likeness (QED) is 0.841. The zero-order valence-electron chi connectivity index (χ0n) is 14.3. The molecule has 1 unspecified atom stereocenters. The van der Waals surface area contributed by atoms with Crippen LogP contribution in [0.2, 0.25) is 0 Å². The van der Waals surface area contributed by atoms with Crippen molar-refractivity contribution in [2.24, 2.45) is 0 Å². The van der Waals surface area contributed by atoms with Crippen molar-refractivity contribution in [1.82, 2.24) is 10.2 Å². The Morgan fingerprint density at radius 1 is 1.14 bits per heavy atom. The van der Waals surface area contributed by atoms with E-state index in [1.54, 1.807) is 4.90 Å². The summed E-state index contributed by atoms with van der Waals surface area (Å²) >= 11 is 0. The lowest BCUT2D eigenvalue weighted by molar-refractivity contribution is -0.141. The Balaban J connectivity index is 2.97. The number of carbonyl (C=O) groups excluding carboxylic acids is 2. The summed E-state index contributed by atoms with van der Waals surface area (Å²) in [7, 11) is 0. The molecule has 0 aliphatic rings. The lowest BCUT2D eigenvalue weighted by atomic mass is 10.1. The molecule has 0 heterocycles. The fourth-order valence-electron chi connectivity index (χ4n) is 2.39. The average molecular weight is 304 g/mol. The van der Waals surface area contributed by atoms with Crippen molar-refractivity contribution in [3.63, 3.8) is 0 Å². The second kappa shape index (κ2) is 8.57. The van der Waals surface area contributed by atoms with Crippen LogP contribution in [0, 0.1) is 6.92 Å². The van der Waals surface area contributed by atoms with Crippen LogP contribution in [-0.4, -0.2) is 28.8 Å². The summed E-state index contributed by atoms with van der Waals surface area (Å²) < 4.78 is 0. The van der Waals surface area contributed by atoms with Crippen LogP contribution < -0.4 is 5.32 Å². The van der Waals surface area contributed by atoms with Crippen LogP contribution >= 0.6 is 0 Å². The first-order valence-corrected chi connectivity index (χ1v) is 8.04. The molecule has 4 nitrogen and oxygen atoms in total. The van der Waals surface area contributed by atoms with Gasteiger partial charge in [-0.25, -0.2) is 0 Å². The van der Waals surface area contributed by atoms with E-state index in [0.29, 0.717) is 19.4 Å². The van der Waals surface area contributed by atoms with E-state index in [9.17, 15) is 9.59 Å². The van der Waals surface area contributed by atoms with Gasteiger partial charge in [0.1, 0.15) is 6.04 Å². The third-order valence-corrected chi connectivity index (χ3v) is 3.59. The van der Waals surface area contributed by atoms with E-state index < -0.39 is 6.04 Å². The maximum absolute atomic E-state index is 12.4. The van der Waals surface area contributed by atoms with Crippen molar-refractivity contribution in [2.45, 2.75) is 66.1 Å². The largest absolute Gasteiger partial charge is 0.352 e. The Morgan fingerprint density at radius 2 is 1.73 bits per heavy atom. The number of hydrogen-bond acceptors (Lipinski definition) is 2. The Bertz CT molecular complexity index is 494. The van der Waals surface area contributed by atoms with Crippen LogP contribution in [-0.2, 0) is 16.1 Å². The summed E-state index contributed by atoms with van der Waals surface area (Å²) in [6.45, 7) is 10.1. The van der Waals surface area contributed by atoms with Gasteiger partial charge in [-0.15, -0.1) is 0 Å². The molecule has 0 aromatic heterocycles. The number of nitrogens with one attached hydrogen (secondary N) is 1. The molecular formula is C18H28N2O2. The van der Waals surface area contributed by atoms with E-state index in [1.165, 1.54) is 5.56 Å². The van der Waals surface area contributed by atoms with Crippen LogP contribution in [0.5, 0.6) is 0 Å². The first kappa shape index (κ1) is 18.2. The molecule has 0 fully saturated rings. The number of hydrogen-bond donors (Lipinski definition) is 1. The summed E-state index contributed by atoms with van der Waals surface area (Å²) in [5.41, 5.74) is 2.23. The highest BCUT2D eigenvalue weighted by Crippen LogP contribution is 2.14. The predicted octanol–water partition coefficient (Wildman–Crippen LogP) is 3.04. The fraction of sp³-hybridized carbons (Fsp3) is 0.556. The topological polar surface area (TPSA) is 49.4 Å². The summed E-state index contributed by atoms with van der Waals surface area (Å²) in [6.07, 6.45) is 1.01. The zero-order valence-corrected chi connectivity index (χ0v) is 14.3. The Morgan fingerprint density at radius 3 is 2.18 bits per heavy atom. The number of aryl methyl sites for hydroxylation is 1. The van der Waals surface area contributed by atoms with Gasteiger partial charge >= 0.3 is 0 Å². The number of nitrogens with zero attached hydrogens (tertiary/aromatic N) is 1. The first-order valence-electron chi connectivity index (χ1n) is 8.04. The SMILES string of the molecule is CCC(=O)N(Cc1ccc(C)cc1)C(CC)C(=O)NC(C)C. The molecule has 4 heteroatoms. The van der Waals surface area contributed by atoms with Crippen LogP contribution in [0.3, 0.4) is 0 Å². The highest BCUT2D eigenvalue weighted by Gasteiger charge is 2.27. The van der Waals surface area contributed by atoms with E-state index in [4.69, 9.17) is 0 Å². The molecule has 0 radical (unpaired) electrons. The van der Waals surface area contributed by atoms with Gasteiger partial charge in [-0.3, -0.25) is 9.59 Å². The van der Waals surface area contributed by atoms with Crippen molar-refractivity contribution < 1.29 is 9.59 Å². The molecule has 1 atom stereocenters. The maximum Gasteiger partial charge on any atom is 0.243 e. The molecule has 1 N–H and O–H groups in total. The molecular weight excluding hydrogens is 276 g/mol. The molecule has 0 aliphatic carbocycles. The minimum atomic E-state index is -0.420. The average Bonchev–Trinajstić information content (AvgIpc) is 2.47. The molecule has 0 bridgehead atoms. The monoisotopic (exact) mass is 304 g/mol. The van der Waals surface area contributed by atoms with Gasteiger partial charge < -0.3 is 10.2 Å². The molecule has 0 saturated heterocycles. The van der Waals surface area contributed by atoms with E-state index >= 15 is 0 Å². The predicted molar refractivity (Wildman–Crippen MR) is 89.4 cm³/mol. The smallest absolute Gasteiger partial charge is 0.243 e. The molecule has 0 spiro atoms. The molecule has 1 aromatic rings. The summed E-state index contributed by atoms with van der Waals surface area (Å²) in [5.74, 6) is -0.0715. The number of rotatable bonds is 7. The lowest BCUT2D eigenvalue weighted by Gasteiger charge is -2.31. The summed E-state index contributed by atoms with van der Waals surface area (Å²) in [6, 6.07) is 7.73. The molecule has 2 amide bonds. The standard InChI is InChI=1S/C18H28N2O2/c1-6-16(18(22)19-13(3)4)20(17(21)7-2)12-15-10-8-14(5)9-11-15/h8-11,13,16H,6-7,12H2,1-5H3,(H,19,22). The van der Waals surface area contributed by atoms with Crippen molar-refractivity contribution in [1.29, 1.82) is 0 Å². The Kier molecular flexibility index (Phi) is 7.09. The molecule has 22 heavy (non-hydrogen) atoms. The van der Waals surface area contributed by atoms with Crippen LogP contribution in [0.25, 0.3) is 0 Å². The summed E-state index contributed by atoms with van der Waals surface area (Å²) in [4.78, 5) is 26.4. The van der Waals surface area contributed by atoms with E-state index in [2.05, 4.69) is 5.32 Å². The van der Waals surface area contributed by atoms with Gasteiger partial charge in [0.05, 0.1) is 0 Å². The second-order valence-electron chi connectivity index (χ2n) is 5.95. The van der Waals surface area contributed by atoms with Gasteiger partial charge in [0.25, 0.3) is 0 Å². The Hall–Kier alpha value is -1.84. The third-order valence-electron chi connectivity index (χ3n) is 3.59. The highest BCUT2D eigenvalue weighted by molar-refractivity contribution is 5.87. The molecule has 122 valence electrons. The zero-order chi connectivity index (χ0) is 16.7. The van der Waals surface area contributed by atoms with Crippen molar-refractivity contribution >= 4 is 11.8 Å². The van der Waals surface area contributed by atoms with Gasteiger partial charge in [0.15, 0.2) is 0 Å². The van der Waals surface area contributed by atoms with E-state index in [-0.39, 0.29) is 17.9 Å². The van der Waals surface area contributed by atoms with E-state index in [1.807, 2.05) is 58.9 Å². The number of carbonyl (C=O) groups is 2. The molecule has 0 saturated carbocycles. The lowest BCUT2D eigenvalue weighted by Crippen LogP contribution is -2.50. The Labute approximate surface area is 133 Å². The minimum Gasteiger partial charge on any atom is -0.352 e. The molecule has 1 rings (SSSR count). The summed E-state index contributed by atoms with van der Waals surface area (Å²) in [5, 5.41) is 2.92. The second-order valence-corrected chi connectivity index (χ2v) is 5.95. The van der Waals surface area contributed by atoms with Crippen molar-refractivity contribution in [3.05, 3.63) is 35.4 Å². The number of amides is 2. The number of benzene rings is 1. The van der Waals surface area contributed by atoms with Gasteiger partial charge in [-0.05, 0) is 32.8 Å². The van der Waals surface area contributed by atoms with Gasteiger partial charge in [-0.1, -0.05) is 43.7 Å². The van der Waals surface area contributed by atoms with Crippen molar-refractivity contribution in [2.75, 3.05) is 0 Å². The van der Waals surface area contributed by atoms with Crippen LogP contribution in [0.4, 0.5) is 0 Å². The van der Waals surface area contributed by atoms with E-state index in [0.717, 1.165) is 5.56 Å². The van der Waals surface area contributed by atoms with Crippen molar-refractivity contribution in [3.8, 4) is 0 Å². The fourth-order valence-corrected chi connectivity index (χ4v) is 2.39. The van der Waals surface area contributed by atoms with Crippen LogP contribution in [0.1, 0.15) is 51.7 Å². The minimum absolute atomic E-state index is 0.00586. The maximum atomic E-state index is 12.4. The molecule has 1 aromatic carbocycles. The van der Waals surface area contributed by atoms with Gasteiger partial charge in [0, 0.05) is 19.0 Å². The first-order chi connectivity index (χ1) is 10.4. The van der Waals surface area contributed by atoms with Crippen LogP contribution in [0.15, 0.2) is 24.3 Å². The van der Waals surface area contributed by atoms with Gasteiger partial charge in [-0.2, -0.15) is 0 Å². The van der Waals surface area contributed by atoms with Gasteiger partial charge in [0.2, 0.25) is 11.8 Å². The molecule has 0 aliphatic heterocycles. The third kappa shape index (κ3) is 5.17. The highest BCUT2D eigenvalue weighted by atomic mass is 16.2. The normalized spacial score (nSPS) is 12.1.